The Morgan fingerprint density at radius 1 is 1.68 bits per heavy atom. The quantitative estimate of drug-likeness (QED) is 0.893. The van der Waals surface area contributed by atoms with Crippen LogP contribution in [0.15, 0.2) is 16.8 Å². The van der Waals surface area contributed by atoms with Crippen molar-refractivity contribution in [2.24, 2.45) is 5.92 Å². The summed E-state index contributed by atoms with van der Waals surface area (Å²) in [6.45, 7) is 5.95. The van der Waals surface area contributed by atoms with E-state index in [1.807, 2.05) is 6.92 Å². The first-order chi connectivity index (χ1) is 9.08. The van der Waals surface area contributed by atoms with Crippen molar-refractivity contribution >= 4 is 17.4 Å². The molecule has 2 heterocycles. The average Bonchev–Trinajstić information content (AvgIpc) is 2.92. The normalized spacial score (nSPS) is 25.1. The lowest BCUT2D eigenvalue weighted by Gasteiger charge is -2.34. The zero-order chi connectivity index (χ0) is 13.8. The molecule has 1 aromatic rings. The number of β-amino-alcohol motifs (C(OH)–C–C–N with tert-alkyl or cyclic N) is 1. The summed E-state index contributed by atoms with van der Waals surface area (Å²) >= 11 is 1.67. The second-order valence-electron chi connectivity index (χ2n) is 5.42. The number of aliphatic hydroxyl groups is 1. The number of nitrogens with zero attached hydrogens (tertiary/aromatic N) is 1. The molecule has 19 heavy (non-hydrogen) atoms. The van der Waals surface area contributed by atoms with Gasteiger partial charge in [-0.1, -0.05) is 13.8 Å². The number of carbonyl (C=O) groups is 1. The second-order valence-corrected chi connectivity index (χ2v) is 6.20. The summed E-state index contributed by atoms with van der Waals surface area (Å²) in [7, 11) is 0. The molecule has 0 saturated carbocycles. The van der Waals surface area contributed by atoms with E-state index in [1.165, 1.54) is 5.56 Å². The topological polar surface area (TPSA) is 52.6 Å². The van der Waals surface area contributed by atoms with Crippen LogP contribution in [0, 0.1) is 5.92 Å². The van der Waals surface area contributed by atoms with Crippen molar-refractivity contribution in [3.8, 4) is 0 Å². The number of urea groups is 1. The van der Waals surface area contributed by atoms with E-state index in [9.17, 15) is 9.90 Å². The standard InChI is InChI=1S/C14H22N2O2S/c1-10-3-5-16(8-13(10)17)14(18)15-7-11(2)12-4-6-19-9-12/h4,6,9-11,13,17H,3,5,7-8H2,1-2H3,(H,15,18). The van der Waals surface area contributed by atoms with Gasteiger partial charge in [-0.05, 0) is 40.6 Å². The number of hydrogen-bond acceptors (Lipinski definition) is 3. The van der Waals surface area contributed by atoms with Gasteiger partial charge in [0, 0.05) is 19.6 Å². The average molecular weight is 282 g/mol. The molecule has 2 amide bonds. The van der Waals surface area contributed by atoms with E-state index in [-0.39, 0.29) is 11.9 Å². The van der Waals surface area contributed by atoms with Gasteiger partial charge >= 0.3 is 6.03 Å². The Kier molecular flexibility index (Phi) is 4.82. The fourth-order valence-electron chi connectivity index (χ4n) is 2.26. The van der Waals surface area contributed by atoms with Crippen molar-refractivity contribution in [2.45, 2.75) is 32.3 Å². The van der Waals surface area contributed by atoms with Gasteiger partial charge in [-0.2, -0.15) is 11.3 Å². The van der Waals surface area contributed by atoms with Crippen LogP contribution in [0.4, 0.5) is 4.79 Å². The number of amides is 2. The van der Waals surface area contributed by atoms with Gasteiger partial charge in [-0.3, -0.25) is 0 Å². The number of hydrogen-bond donors (Lipinski definition) is 2. The summed E-state index contributed by atoms with van der Waals surface area (Å²) in [6.07, 6.45) is 0.475. The third-order valence-electron chi connectivity index (χ3n) is 3.88. The highest BCUT2D eigenvalue weighted by Gasteiger charge is 2.27. The van der Waals surface area contributed by atoms with Crippen LogP contribution >= 0.6 is 11.3 Å². The minimum atomic E-state index is -0.395. The fraction of sp³-hybridized carbons (Fsp3) is 0.643. The highest BCUT2D eigenvalue weighted by Crippen LogP contribution is 2.19. The first kappa shape index (κ1) is 14.3. The van der Waals surface area contributed by atoms with E-state index in [1.54, 1.807) is 16.2 Å². The molecule has 5 heteroatoms. The molecule has 1 fully saturated rings. The molecule has 1 aromatic heterocycles. The Morgan fingerprint density at radius 3 is 3.11 bits per heavy atom. The van der Waals surface area contributed by atoms with E-state index >= 15 is 0 Å². The van der Waals surface area contributed by atoms with E-state index in [0.717, 1.165) is 13.0 Å². The molecular formula is C14H22N2O2S. The van der Waals surface area contributed by atoms with Crippen LogP contribution in [-0.2, 0) is 0 Å². The SMILES string of the molecule is CC(CNC(=O)N1CCC(C)C(O)C1)c1ccsc1. The van der Waals surface area contributed by atoms with Crippen molar-refractivity contribution in [3.05, 3.63) is 22.4 Å². The zero-order valence-electron chi connectivity index (χ0n) is 11.5. The van der Waals surface area contributed by atoms with Crippen LogP contribution < -0.4 is 5.32 Å². The van der Waals surface area contributed by atoms with Crippen LogP contribution in [0.3, 0.4) is 0 Å². The van der Waals surface area contributed by atoms with E-state index in [4.69, 9.17) is 0 Å². The molecule has 0 aromatic carbocycles. The van der Waals surface area contributed by atoms with Gasteiger partial charge < -0.3 is 15.3 Å². The minimum absolute atomic E-state index is 0.0620. The Hall–Kier alpha value is -1.07. The molecule has 0 aliphatic carbocycles. The molecule has 106 valence electrons. The van der Waals surface area contributed by atoms with Crippen molar-refractivity contribution in [3.63, 3.8) is 0 Å². The number of likely N-dealkylation sites (tertiary alicyclic amines) is 1. The summed E-state index contributed by atoms with van der Waals surface area (Å²) < 4.78 is 0. The first-order valence-corrected chi connectivity index (χ1v) is 7.75. The lowest BCUT2D eigenvalue weighted by Crippen LogP contribution is -2.50. The summed E-state index contributed by atoms with van der Waals surface area (Å²) in [5.41, 5.74) is 1.26. The van der Waals surface area contributed by atoms with Crippen LogP contribution in [0.25, 0.3) is 0 Å². The van der Waals surface area contributed by atoms with Crippen LogP contribution in [0.1, 0.15) is 31.7 Å². The van der Waals surface area contributed by atoms with Crippen molar-refractivity contribution < 1.29 is 9.90 Å². The summed E-state index contributed by atoms with van der Waals surface area (Å²) in [6, 6.07) is 2.03. The lowest BCUT2D eigenvalue weighted by atomic mass is 9.96. The highest BCUT2D eigenvalue weighted by molar-refractivity contribution is 7.07. The maximum absolute atomic E-state index is 12.0. The first-order valence-electron chi connectivity index (χ1n) is 6.81. The van der Waals surface area contributed by atoms with Gasteiger partial charge in [0.15, 0.2) is 0 Å². The van der Waals surface area contributed by atoms with E-state index in [2.05, 4.69) is 29.1 Å². The molecule has 2 N–H and O–H groups in total. The molecule has 1 aliphatic rings. The molecule has 3 atom stereocenters. The Balaban J connectivity index is 1.78. The number of piperidine rings is 1. The molecule has 0 spiro atoms. The number of aliphatic hydroxyl groups excluding tert-OH is 1. The number of nitrogens with one attached hydrogen (secondary N) is 1. The van der Waals surface area contributed by atoms with Gasteiger partial charge in [0.25, 0.3) is 0 Å². The van der Waals surface area contributed by atoms with Gasteiger partial charge in [-0.25, -0.2) is 4.79 Å². The van der Waals surface area contributed by atoms with E-state index < -0.39 is 6.10 Å². The fourth-order valence-corrected chi connectivity index (χ4v) is 3.04. The Labute approximate surface area is 118 Å². The van der Waals surface area contributed by atoms with Gasteiger partial charge in [0.1, 0.15) is 0 Å². The van der Waals surface area contributed by atoms with E-state index in [0.29, 0.717) is 19.0 Å². The van der Waals surface area contributed by atoms with Crippen LogP contribution in [0.2, 0.25) is 0 Å². The smallest absolute Gasteiger partial charge is 0.317 e. The van der Waals surface area contributed by atoms with Gasteiger partial charge in [-0.15, -0.1) is 0 Å². The molecule has 4 nitrogen and oxygen atoms in total. The zero-order valence-corrected chi connectivity index (χ0v) is 12.3. The Bertz CT molecular complexity index is 408. The van der Waals surface area contributed by atoms with Crippen LogP contribution in [-0.4, -0.2) is 41.8 Å². The summed E-state index contributed by atoms with van der Waals surface area (Å²) in [5.74, 6) is 0.609. The maximum atomic E-state index is 12.0. The summed E-state index contributed by atoms with van der Waals surface area (Å²) in [5, 5.41) is 16.9. The maximum Gasteiger partial charge on any atom is 0.317 e. The highest BCUT2D eigenvalue weighted by atomic mass is 32.1. The Morgan fingerprint density at radius 2 is 2.47 bits per heavy atom. The summed E-state index contributed by atoms with van der Waals surface area (Å²) in [4.78, 5) is 13.7. The van der Waals surface area contributed by atoms with Gasteiger partial charge in [0.05, 0.1) is 6.10 Å². The number of thiophene rings is 1. The van der Waals surface area contributed by atoms with Crippen molar-refractivity contribution in [1.29, 1.82) is 0 Å². The molecule has 1 saturated heterocycles. The third-order valence-corrected chi connectivity index (χ3v) is 4.58. The van der Waals surface area contributed by atoms with Crippen molar-refractivity contribution in [1.82, 2.24) is 10.2 Å². The predicted molar refractivity (Wildman–Crippen MR) is 77.5 cm³/mol. The molecular weight excluding hydrogens is 260 g/mol. The number of carbonyl (C=O) groups excluding carboxylic acids is 1. The molecule has 1 aliphatic heterocycles. The lowest BCUT2D eigenvalue weighted by molar-refractivity contribution is 0.0435. The number of rotatable bonds is 3. The van der Waals surface area contributed by atoms with Crippen molar-refractivity contribution in [2.75, 3.05) is 19.6 Å². The van der Waals surface area contributed by atoms with Gasteiger partial charge in [0.2, 0.25) is 0 Å². The second kappa shape index (κ2) is 6.39. The third kappa shape index (κ3) is 3.70. The minimum Gasteiger partial charge on any atom is -0.391 e. The molecule has 0 bridgehead atoms. The molecule has 3 unspecified atom stereocenters. The molecule has 0 radical (unpaired) electrons. The largest absolute Gasteiger partial charge is 0.391 e. The monoisotopic (exact) mass is 282 g/mol. The predicted octanol–water partition coefficient (Wildman–Crippen LogP) is 2.26. The molecule has 2 rings (SSSR count). The van der Waals surface area contributed by atoms with Crippen LogP contribution in [0.5, 0.6) is 0 Å².